The van der Waals surface area contributed by atoms with Crippen LogP contribution in [-0.2, 0) is 26.1 Å². The molecule has 1 aliphatic rings. The zero-order valence-electron chi connectivity index (χ0n) is 11.4. The predicted molar refractivity (Wildman–Crippen MR) is 75.5 cm³/mol. The van der Waals surface area contributed by atoms with E-state index in [1.165, 1.54) is 0 Å². The van der Waals surface area contributed by atoms with Crippen molar-refractivity contribution in [3.05, 3.63) is 34.9 Å². The smallest absolute Gasteiger partial charge is 0.228 e. The molecular weight excluding hydrogens is 289 g/mol. The van der Waals surface area contributed by atoms with E-state index in [2.05, 4.69) is 0 Å². The molecule has 1 fully saturated rings. The van der Waals surface area contributed by atoms with Crippen LogP contribution < -0.4 is 5.32 Å². The number of rotatable bonds is 3. The van der Waals surface area contributed by atoms with Crippen LogP contribution in [0.15, 0.2) is 12.1 Å². The number of amides is 2. The molecule has 1 atom stereocenters. The Balaban J connectivity index is 2.56. The van der Waals surface area contributed by atoms with Crippen molar-refractivity contribution in [2.75, 3.05) is 0 Å². The molecule has 22 heavy (non-hydrogen) atoms. The highest BCUT2D eigenvalue weighted by Crippen LogP contribution is 2.41. The van der Waals surface area contributed by atoms with Gasteiger partial charge in [0.05, 0.1) is 23.5 Å². The summed E-state index contributed by atoms with van der Waals surface area (Å²) in [4.78, 5) is 33.9. The van der Waals surface area contributed by atoms with Crippen LogP contribution in [0, 0.1) is 11.6 Å². The molecule has 0 bridgehead atoms. The maximum absolute atomic E-state index is 14.2. The Morgan fingerprint density at radius 2 is 1.68 bits per heavy atom. The molecule has 1 saturated heterocycles. The summed E-state index contributed by atoms with van der Waals surface area (Å²) in [5.74, 6) is -4.35. The van der Waals surface area contributed by atoms with Crippen molar-refractivity contribution >= 4 is 41.6 Å². The highest BCUT2D eigenvalue weighted by Gasteiger charge is 2.49. The Morgan fingerprint density at radius 3 is 2.18 bits per heavy atom. The van der Waals surface area contributed by atoms with Gasteiger partial charge in [-0.15, -0.1) is 0 Å². The first-order chi connectivity index (χ1) is 10.1. The lowest BCUT2D eigenvalue weighted by Crippen LogP contribution is -2.59. The molecule has 2 rings (SSSR count). The minimum Gasteiger partial charge on any atom is -0.303 e. The van der Waals surface area contributed by atoms with E-state index in [9.17, 15) is 23.2 Å². The van der Waals surface area contributed by atoms with Gasteiger partial charge in [0.2, 0.25) is 11.8 Å². The van der Waals surface area contributed by atoms with Crippen LogP contribution in [-0.4, -0.2) is 41.6 Å². The van der Waals surface area contributed by atoms with Crippen molar-refractivity contribution in [1.29, 1.82) is 0 Å². The standard InChI is InChI=1S/C13H8B3F2NO3/c14-12(5-13(15,16)11(22)19-10(12)21)9-7(17)3-6(1-2-20)4-8(9)18/h2-4H,1,5H2,(H,19,21,22). The summed E-state index contributed by atoms with van der Waals surface area (Å²) in [6.45, 7) is 0. The van der Waals surface area contributed by atoms with E-state index in [-0.39, 0.29) is 12.0 Å². The molecule has 0 aromatic heterocycles. The quantitative estimate of drug-likeness (QED) is 0.468. The Kier molecular flexibility index (Phi) is 4.02. The minimum atomic E-state index is -2.24. The normalized spacial score (nSPS) is 23.9. The summed E-state index contributed by atoms with van der Waals surface area (Å²) < 4.78 is 28.4. The Labute approximate surface area is 129 Å². The molecular formula is C13H8B3F2NO3. The Hall–Kier alpha value is -1.92. The van der Waals surface area contributed by atoms with E-state index in [4.69, 9.17) is 23.5 Å². The summed E-state index contributed by atoms with van der Waals surface area (Å²) in [5.41, 5.74) is -0.677. The molecule has 1 aliphatic heterocycles. The first kappa shape index (κ1) is 16.5. The molecule has 4 nitrogen and oxygen atoms in total. The molecule has 2 amide bonds. The van der Waals surface area contributed by atoms with Crippen LogP contribution in [0.1, 0.15) is 17.5 Å². The van der Waals surface area contributed by atoms with Crippen LogP contribution in [0.3, 0.4) is 0 Å². The third kappa shape index (κ3) is 2.60. The number of hydrogen-bond donors (Lipinski definition) is 1. The molecule has 6 radical (unpaired) electrons. The lowest BCUT2D eigenvalue weighted by atomic mass is 9.42. The van der Waals surface area contributed by atoms with Crippen LogP contribution in [0.5, 0.6) is 0 Å². The van der Waals surface area contributed by atoms with E-state index in [0.717, 1.165) is 12.1 Å². The molecule has 1 unspecified atom stereocenters. The van der Waals surface area contributed by atoms with Gasteiger partial charge in [-0.05, 0) is 29.3 Å². The highest BCUT2D eigenvalue weighted by molar-refractivity contribution is 6.53. The lowest BCUT2D eigenvalue weighted by molar-refractivity contribution is -0.136. The number of piperidine rings is 1. The van der Waals surface area contributed by atoms with Crippen molar-refractivity contribution in [1.82, 2.24) is 5.32 Å². The van der Waals surface area contributed by atoms with Gasteiger partial charge >= 0.3 is 0 Å². The van der Waals surface area contributed by atoms with E-state index in [1.54, 1.807) is 0 Å². The van der Waals surface area contributed by atoms with Crippen LogP contribution >= 0.6 is 0 Å². The third-order valence-electron chi connectivity index (χ3n) is 3.49. The topological polar surface area (TPSA) is 63.2 Å². The van der Waals surface area contributed by atoms with Gasteiger partial charge in [-0.2, -0.15) is 0 Å². The fourth-order valence-corrected chi connectivity index (χ4v) is 2.42. The second-order valence-corrected chi connectivity index (χ2v) is 5.28. The van der Waals surface area contributed by atoms with Gasteiger partial charge in [-0.25, -0.2) is 8.78 Å². The number of carbonyl (C=O) groups is 3. The maximum atomic E-state index is 14.2. The summed E-state index contributed by atoms with van der Waals surface area (Å²) in [6, 6.07) is 1.78. The molecule has 106 valence electrons. The third-order valence-corrected chi connectivity index (χ3v) is 3.49. The SMILES string of the molecule is [B]C1([B])CC([B])(c2c(F)cc(CC=O)cc2F)C(=O)NC1=O. The molecule has 0 spiro atoms. The molecule has 1 N–H and O–H groups in total. The predicted octanol–water partition coefficient (Wildman–Crippen LogP) is -0.430. The van der Waals surface area contributed by atoms with E-state index in [1.807, 2.05) is 5.32 Å². The van der Waals surface area contributed by atoms with Gasteiger partial charge in [0, 0.05) is 17.3 Å². The second kappa shape index (κ2) is 5.37. The number of imide groups is 1. The zero-order chi connectivity index (χ0) is 16.7. The van der Waals surface area contributed by atoms with Crippen LogP contribution in [0.2, 0.25) is 5.21 Å². The average Bonchev–Trinajstić information content (AvgIpc) is 2.35. The summed E-state index contributed by atoms with van der Waals surface area (Å²) >= 11 is 0. The monoisotopic (exact) mass is 297 g/mol. The molecule has 1 heterocycles. The van der Waals surface area contributed by atoms with Gasteiger partial charge in [0.1, 0.15) is 17.9 Å². The fourth-order valence-electron chi connectivity index (χ4n) is 2.42. The number of hydrogen-bond acceptors (Lipinski definition) is 3. The summed E-state index contributed by atoms with van der Waals surface area (Å²) in [7, 11) is 16.8. The largest absolute Gasteiger partial charge is 0.303 e. The zero-order valence-corrected chi connectivity index (χ0v) is 11.4. The van der Waals surface area contributed by atoms with Gasteiger partial charge in [0.15, 0.2) is 0 Å². The minimum absolute atomic E-state index is 0.0800. The van der Waals surface area contributed by atoms with Crippen molar-refractivity contribution in [3.63, 3.8) is 0 Å². The number of halogens is 2. The molecule has 0 saturated carbocycles. The number of benzene rings is 1. The van der Waals surface area contributed by atoms with Crippen molar-refractivity contribution < 1.29 is 23.2 Å². The second-order valence-electron chi connectivity index (χ2n) is 5.28. The van der Waals surface area contributed by atoms with Crippen LogP contribution in [0.25, 0.3) is 0 Å². The maximum Gasteiger partial charge on any atom is 0.228 e. The first-order valence-corrected chi connectivity index (χ1v) is 6.26. The summed E-state index contributed by atoms with van der Waals surface area (Å²) in [6.07, 6.45) is -0.400. The fraction of sp³-hybridized carbons (Fsp3) is 0.308. The molecule has 1 aromatic carbocycles. The van der Waals surface area contributed by atoms with Gasteiger partial charge in [-0.3, -0.25) is 14.9 Å². The van der Waals surface area contributed by atoms with Crippen LogP contribution in [0.4, 0.5) is 8.78 Å². The van der Waals surface area contributed by atoms with Crippen molar-refractivity contribution in [2.45, 2.75) is 23.4 Å². The Morgan fingerprint density at radius 1 is 1.14 bits per heavy atom. The van der Waals surface area contributed by atoms with Gasteiger partial charge in [0.25, 0.3) is 0 Å². The van der Waals surface area contributed by atoms with E-state index in [0.29, 0.717) is 6.29 Å². The molecule has 1 aromatic rings. The van der Waals surface area contributed by atoms with Crippen molar-refractivity contribution in [3.8, 4) is 0 Å². The highest BCUT2D eigenvalue weighted by atomic mass is 19.1. The Bertz CT molecular complexity index is 657. The number of aldehydes is 1. The molecule has 9 heteroatoms. The van der Waals surface area contributed by atoms with E-state index >= 15 is 0 Å². The van der Waals surface area contributed by atoms with E-state index < -0.39 is 46.0 Å². The van der Waals surface area contributed by atoms with Gasteiger partial charge < -0.3 is 4.79 Å². The number of nitrogens with one attached hydrogen (secondary N) is 1. The lowest BCUT2D eigenvalue weighted by Gasteiger charge is -2.42. The molecule has 0 aliphatic carbocycles. The summed E-state index contributed by atoms with van der Waals surface area (Å²) in [5, 5.41) is -2.49. The van der Waals surface area contributed by atoms with Gasteiger partial charge in [-0.1, -0.05) is 0 Å². The van der Waals surface area contributed by atoms with Crippen molar-refractivity contribution in [2.24, 2.45) is 0 Å². The number of carbonyl (C=O) groups excluding carboxylic acids is 3. The average molecular weight is 297 g/mol. The first-order valence-electron chi connectivity index (χ1n) is 6.26.